The lowest BCUT2D eigenvalue weighted by Crippen LogP contribution is -2.53. The maximum Gasteiger partial charge on any atom is 0.416 e. The normalized spacial score (nSPS) is 19.8. The molecule has 2 aliphatic rings. The van der Waals surface area contributed by atoms with Crippen LogP contribution in [-0.2, 0) is 11.0 Å². The first-order valence-electron chi connectivity index (χ1n) is 13.0. The number of benzene rings is 1. The predicted molar refractivity (Wildman–Crippen MR) is 135 cm³/mol. The number of rotatable bonds is 7. The van der Waals surface area contributed by atoms with Gasteiger partial charge in [-0.25, -0.2) is 14.4 Å². The lowest BCUT2D eigenvalue weighted by molar-refractivity contribution is -0.137. The number of aromatic amines is 1. The van der Waals surface area contributed by atoms with Crippen LogP contribution >= 0.6 is 0 Å². The van der Waals surface area contributed by atoms with Gasteiger partial charge in [0.15, 0.2) is 0 Å². The standard InChI is InChI=1S/C27H29F4N5O3/c1-3-21(37)36-9-8-19(18(28)11-36)35-26(38)22-14(2)34-25-23(32-13-33-24(22)25)17-10-16(27(29,30)31)6-7-20(17)39-12-15-4-5-15/h6-7,10,13,15,18-19,34H,3-5,8-9,11-12H2,1-2H3,(H,35,38)/t18-,19+/m0/s1. The van der Waals surface area contributed by atoms with Crippen LogP contribution in [0.1, 0.15) is 54.2 Å². The Labute approximate surface area is 222 Å². The van der Waals surface area contributed by atoms with E-state index in [2.05, 4.69) is 20.3 Å². The minimum absolute atomic E-state index is 0.101. The highest BCUT2D eigenvalue weighted by Gasteiger charge is 2.34. The fourth-order valence-electron chi connectivity index (χ4n) is 4.87. The number of hydrogen-bond acceptors (Lipinski definition) is 5. The number of halogens is 4. The first kappa shape index (κ1) is 26.9. The average Bonchev–Trinajstić information content (AvgIpc) is 3.67. The summed E-state index contributed by atoms with van der Waals surface area (Å²) in [6.07, 6.45) is -2.28. The summed E-state index contributed by atoms with van der Waals surface area (Å²) in [5.41, 5.74) is 0.472. The van der Waals surface area contributed by atoms with Crippen LogP contribution in [0.3, 0.4) is 0 Å². The molecule has 1 aromatic carbocycles. The molecule has 0 radical (unpaired) electrons. The highest BCUT2D eigenvalue weighted by Crippen LogP contribution is 2.40. The Hall–Kier alpha value is -3.70. The number of fused-ring (bicyclic) bond motifs is 1. The van der Waals surface area contributed by atoms with Gasteiger partial charge in [-0.3, -0.25) is 9.59 Å². The Morgan fingerprint density at radius 3 is 2.64 bits per heavy atom. The zero-order chi connectivity index (χ0) is 27.9. The lowest BCUT2D eigenvalue weighted by atomic mass is 10.0. The number of alkyl halides is 4. The Morgan fingerprint density at radius 1 is 1.21 bits per heavy atom. The molecule has 2 amide bonds. The second-order valence-corrected chi connectivity index (χ2v) is 10.1. The number of aromatic nitrogens is 3. The van der Waals surface area contributed by atoms with Crippen LogP contribution in [0.4, 0.5) is 17.6 Å². The van der Waals surface area contributed by atoms with Crippen molar-refractivity contribution in [1.82, 2.24) is 25.2 Å². The number of hydrogen-bond donors (Lipinski definition) is 2. The maximum absolute atomic E-state index is 14.9. The molecule has 8 nitrogen and oxygen atoms in total. The number of ether oxygens (including phenoxy) is 1. The van der Waals surface area contributed by atoms with E-state index in [0.29, 0.717) is 24.8 Å². The Kier molecular flexibility index (Phi) is 7.21. The number of H-pyrrole nitrogens is 1. The number of carbonyl (C=O) groups excluding carboxylic acids is 2. The fourth-order valence-corrected chi connectivity index (χ4v) is 4.87. The van der Waals surface area contributed by atoms with Crippen molar-refractivity contribution >= 4 is 22.8 Å². The molecule has 0 unspecified atom stereocenters. The Morgan fingerprint density at radius 2 is 1.97 bits per heavy atom. The minimum atomic E-state index is -4.58. The molecule has 5 rings (SSSR count). The molecule has 12 heteroatoms. The first-order chi connectivity index (χ1) is 18.6. The molecule has 3 heterocycles. The van der Waals surface area contributed by atoms with Crippen LogP contribution in [0.5, 0.6) is 5.75 Å². The van der Waals surface area contributed by atoms with Gasteiger partial charge < -0.3 is 19.9 Å². The molecule has 2 atom stereocenters. The number of likely N-dealkylation sites (tertiary alicyclic amines) is 1. The number of nitrogens with one attached hydrogen (secondary N) is 2. The molecule has 1 saturated heterocycles. The molecule has 1 aliphatic carbocycles. The highest BCUT2D eigenvalue weighted by atomic mass is 19.4. The van der Waals surface area contributed by atoms with Crippen LogP contribution in [0.2, 0.25) is 0 Å². The van der Waals surface area contributed by atoms with Crippen molar-refractivity contribution < 1.29 is 31.9 Å². The molecule has 208 valence electrons. The van der Waals surface area contributed by atoms with Crippen molar-refractivity contribution in [2.75, 3.05) is 19.7 Å². The topological polar surface area (TPSA) is 100 Å². The monoisotopic (exact) mass is 547 g/mol. The summed E-state index contributed by atoms with van der Waals surface area (Å²) in [6.45, 7) is 3.96. The summed E-state index contributed by atoms with van der Waals surface area (Å²) < 4.78 is 61.5. The van der Waals surface area contributed by atoms with Gasteiger partial charge in [-0.15, -0.1) is 0 Å². The zero-order valence-corrected chi connectivity index (χ0v) is 21.6. The molecule has 3 aromatic rings. The van der Waals surface area contributed by atoms with E-state index >= 15 is 0 Å². The van der Waals surface area contributed by atoms with Crippen molar-refractivity contribution in [2.45, 2.75) is 57.9 Å². The van der Waals surface area contributed by atoms with Crippen LogP contribution in [0, 0.1) is 12.8 Å². The van der Waals surface area contributed by atoms with E-state index in [-0.39, 0.29) is 58.9 Å². The largest absolute Gasteiger partial charge is 0.493 e. The van der Waals surface area contributed by atoms with Gasteiger partial charge in [0.1, 0.15) is 29.5 Å². The van der Waals surface area contributed by atoms with Crippen molar-refractivity contribution in [1.29, 1.82) is 0 Å². The summed E-state index contributed by atoms with van der Waals surface area (Å²) in [6, 6.07) is 2.44. The average molecular weight is 548 g/mol. The molecule has 2 fully saturated rings. The van der Waals surface area contributed by atoms with Crippen LogP contribution in [0.25, 0.3) is 22.3 Å². The third-order valence-electron chi connectivity index (χ3n) is 7.25. The second-order valence-electron chi connectivity index (χ2n) is 10.1. The zero-order valence-electron chi connectivity index (χ0n) is 21.6. The van der Waals surface area contributed by atoms with E-state index in [0.717, 1.165) is 25.0 Å². The smallest absolute Gasteiger partial charge is 0.416 e. The summed E-state index contributed by atoms with van der Waals surface area (Å²) in [5.74, 6) is -0.0866. The van der Waals surface area contributed by atoms with Crippen LogP contribution in [0.15, 0.2) is 24.5 Å². The van der Waals surface area contributed by atoms with Crippen molar-refractivity contribution in [3.63, 3.8) is 0 Å². The molecule has 39 heavy (non-hydrogen) atoms. The molecule has 0 spiro atoms. The SMILES string of the molecule is CCC(=O)N1CC[C@@H](NC(=O)c2c(C)[nH]c3c(-c4cc(C(F)(F)F)ccc4OCC4CC4)ncnc23)[C@@H](F)C1. The molecular weight excluding hydrogens is 518 g/mol. The third kappa shape index (κ3) is 5.55. The van der Waals surface area contributed by atoms with E-state index in [1.807, 2.05) is 0 Å². The highest BCUT2D eigenvalue weighted by molar-refractivity contribution is 6.09. The number of amides is 2. The number of aryl methyl sites for hydroxylation is 1. The van der Waals surface area contributed by atoms with Gasteiger partial charge in [0.2, 0.25) is 5.91 Å². The molecule has 2 aromatic heterocycles. The molecule has 0 bridgehead atoms. The quantitative estimate of drug-likeness (QED) is 0.413. The summed E-state index contributed by atoms with van der Waals surface area (Å²) >= 11 is 0. The van der Waals surface area contributed by atoms with Gasteiger partial charge in [-0.1, -0.05) is 6.92 Å². The summed E-state index contributed by atoms with van der Waals surface area (Å²) in [5, 5.41) is 2.72. The van der Waals surface area contributed by atoms with Crippen molar-refractivity contribution in [2.24, 2.45) is 5.92 Å². The summed E-state index contributed by atoms with van der Waals surface area (Å²) in [4.78, 5) is 38.2. The predicted octanol–water partition coefficient (Wildman–Crippen LogP) is 4.82. The Balaban J connectivity index is 1.47. The van der Waals surface area contributed by atoms with Gasteiger partial charge in [0, 0.05) is 24.2 Å². The van der Waals surface area contributed by atoms with Crippen LogP contribution in [-0.4, -0.2) is 63.6 Å². The number of carbonyl (C=O) groups is 2. The van der Waals surface area contributed by atoms with E-state index in [1.54, 1.807) is 13.8 Å². The lowest BCUT2D eigenvalue weighted by Gasteiger charge is -2.35. The van der Waals surface area contributed by atoms with Crippen molar-refractivity contribution in [3.8, 4) is 17.0 Å². The molecule has 2 N–H and O–H groups in total. The number of piperidine rings is 1. The molecule has 1 saturated carbocycles. The van der Waals surface area contributed by atoms with Gasteiger partial charge in [-0.05, 0) is 50.3 Å². The van der Waals surface area contributed by atoms with E-state index in [4.69, 9.17) is 4.74 Å². The van der Waals surface area contributed by atoms with Crippen molar-refractivity contribution in [3.05, 3.63) is 41.3 Å². The van der Waals surface area contributed by atoms with E-state index < -0.39 is 29.9 Å². The number of nitrogens with zero attached hydrogens (tertiary/aromatic N) is 3. The molecular formula is C27H29F4N5O3. The summed E-state index contributed by atoms with van der Waals surface area (Å²) in [7, 11) is 0. The van der Waals surface area contributed by atoms with Crippen LogP contribution < -0.4 is 10.1 Å². The van der Waals surface area contributed by atoms with Gasteiger partial charge in [-0.2, -0.15) is 13.2 Å². The van der Waals surface area contributed by atoms with Gasteiger partial charge in [0.25, 0.3) is 5.91 Å². The van der Waals surface area contributed by atoms with Gasteiger partial charge >= 0.3 is 6.18 Å². The van der Waals surface area contributed by atoms with E-state index in [9.17, 15) is 27.2 Å². The molecule has 1 aliphatic heterocycles. The van der Waals surface area contributed by atoms with E-state index in [1.165, 1.54) is 17.3 Å². The minimum Gasteiger partial charge on any atom is -0.493 e. The third-order valence-corrected chi connectivity index (χ3v) is 7.25. The maximum atomic E-state index is 14.9. The van der Waals surface area contributed by atoms with Gasteiger partial charge in [0.05, 0.1) is 35.8 Å². The first-order valence-corrected chi connectivity index (χ1v) is 13.0. The Bertz CT molecular complexity index is 1400. The second kappa shape index (κ2) is 10.5. The fraction of sp³-hybridized carbons (Fsp3) is 0.481.